The number of sulfonamides is 1. The minimum atomic E-state index is -3.56. The van der Waals surface area contributed by atoms with Crippen LogP contribution in [0.2, 0.25) is 0 Å². The lowest BCUT2D eigenvalue weighted by molar-refractivity contribution is 0.383. The zero-order valence-corrected chi connectivity index (χ0v) is 12.0. The number of hydrogen-bond donors (Lipinski definition) is 1. The van der Waals surface area contributed by atoms with Crippen molar-refractivity contribution in [1.29, 1.82) is 0 Å². The lowest BCUT2D eigenvalue weighted by Crippen LogP contribution is -2.39. The highest BCUT2D eigenvalue weighted by molar-refractivity contribution is 9.10. The van der Waals surface area contributed by atoms with Crippen LogP contribution >= 0.6 is 15.9 Å². The molecule has 0 spiro atoms. The molecular formula is C8H14BrN5O2S. The summed E-state index contributed by atoms with van der Waals surface area (Å²) in [5.74, 6) is 0. The van der Waals surface area contributed by atoms with E-state index in [0.29, 0.717) is 6.54 Å². The number of halogens is 1. The zero-order valence-electron chi connectivity index (χ0n) is 9.59. The molecule has 1 unspecified atom stereocenters. The maximum atomic E-state index is 12.4. The van der Waals surface area contributed by atoms with Gasteiger partial charge in [-0.05, 0) is 28.9 Å². The Labute approximate surface area is 108 Å². The summed E-state index contributed by atoms with van der Waals surface area (Å²) in [6, 6.07) is -0.0122. The van der Waals surface area contributed by atoms with Crippen molar-refractivity contribution in [3.63, 3.8) is 0 Å². The number of hydrogen-bond acceptors (Lipinski definition) is 5. The minimum absolute atomic E-state index is 0.0122. The topological polar surface area (TPSA) is 80.1 Å². The molecule has 1 saturated heterocycles. The van der Waals surface area contributed by atoms with Gasteiger partial charge in [-0.2, -0.15) is 4.31 Å². The van der Waals surface area contributed by atoms with Gasteiger partial charge in [0, 0.05) is 26.7 Å². The Hall–Kier alpha value is -0.510. The number of likely N-dealkylation sites (N-methyl/N-ethyl adjacent to an activating group) is 1. The van der Waals surface area contributed by atoms with Gasteiger partial charge in [0.15, 0.2) is 4.60 Å². The van der Waals surface area contributed by atoms with Crippen molar-refractivity contribution >= 4 is 26.0 Å². The highest BCUT2D eigenvalue weighted by Gasteiger charge is 2.34. The molecule has 2 heterocycles. The number of nitrogens with one attached hydrogen (secondary N) is 1. The monoisotopic (exact) mass is 323 g/mol. The standard InChI is InChI=1S/C8H14BrN5O2S/c1-13-8(7(9)11-12-13)17(15,16)14(2)6-3-4-10-5-6/h6,10H,3-5H2,1-2H3. The fourth-order valence-electron chi connectivity index (χ4n) is 1.88. The summed E-state index contributed by atoms with van der Waals surface area (Å²) in [5, 5.41) is 10.6. The van der Waals surface area contributed by atoms with Crippen molar-refractivity contribution < 1.29 is 8.42 Å². The Balaban J connectivity index is 2.36. The third-order valence-electron chi connectivity index (χ3n) is 2.91. The summed E-state index contributed by atoms with van der Waals surface area (Å²) < 4.78 is 27.7. The largest absolute Gasteiger partial charge is 0.315 e. The summed E-state index contributed by atoms with van der Waals surface area (Å²) in [6.07, 6.45) is 0.818. The maximum Gasteiger partial charge on any atom is 0.263 e. The molecule has 1 aromatic rings. The second-order valence-electron chi connectivity index (χ2n) is 3.98. The van der Waals surface area contributed by atoms with E-state index in [2.05, 4.69) is 31.6 Å². The molecular weight excluding hydrogens is 310 g/mol. The second kappa shape index (κ2) is 4.63. The van der Waals surface area contributed by atoms with E-state index in [1.54, 1.807) is 14.1 Å². The van der Waals surface area contributed by atoms with Crippen molar-refractivity contribution in [3.05, 3.63) is 4.60 Å². The van der Waals surface area contributed by atoms with E-state index in [4.69, 9.17) is 0 Å². The van der Waals surface area contributed by atoms with Crippen LogP contribution < -0.4 is 5.32 Å². The van der Waals surface area contributed by atoms with Crippen LogP contribution in [0.15, 0.2) is 9.63 Å². The SMILES string of the molecule is CN(C1CCNC1)S(=O)(=O)c1c(Br)nnn1C. The van der Waals surface area contributed by atoms with Crippen molar-refractivity contribution in [2.24, 2.45) is 7.05 Å². The normalized spacial score (nSPS) is 21.3. The molecule has 9 heteroatoms. The van der Waals surface area contributed by atoms with Gasteiger partial charge in [0.25, 0.3) is 10.0 Å². The van der Waals surface area contributed by atoms with Crippen molar-refractivity contribution in [2.45, 2.75) is 17.5 Å². The molecule has 96 valence electrons. The Morgan fingerprint density at radius 2 is 2.29 bits per heavy atom. The molecule has 0 aliphatic carbocycles. The Morgan fingerprint density at radius 1 is 1.59 bits per heavy atom. The predicted octanol–water partition coefficient (Wildman–Crippen LogP) is -0.440. The number of nitrogens with zero attached hydrogens (tertiary/aromatic N) is 4. The maximum absolute atomic E-state index is 12.4. The van der Waals surface area contributed by atoms with Crippen LogP contribution in [-0.4, -0.2) is 53.9 Å². The Kier molecular flexibility index (Phi) is 3.53. The molecule has 1 aliphatic heterocycles. The quantitative estimate of drug-likeness (QED) is 0.815. The van der Waals surface area contributed by atoms with Gasteiger partial charge in [0.1, 0.15) is 0 Å². The van der Waals surface area contributed by atoms with Crippen LogP contribution in [0, 0.1) is 0 Å². The van der Waals surface area contributed by atoms with E-state index >= 15 is 0 Å². The summed E-state index contributed by atoms with van der Waals surface area (Å²) in [7, 11) is -0.405. The second-order valence-corrected chi connectivity index (χ2v) is 6.64. The van der Waals surface area contributed by atoms with Gasteiger partial charge in [-0.25, -0.2) is 13.1 Å². The van der Waals surface area contributed by atoms with Crippen molar-refractivity contribution in [3.8, 4) is 0 Å². The third-order valence-corrected chi connectivity index (χ3v) is 5.71. The molecule has 0 bridgehead atoms. The molecule has 0 amide bonds. The minimum Gasteiger partial charge on any atom is -0.315 e. The Bertz CT molecular complexity index is 488. The first-order chi connectivity index (χ1) is 7.94. The van der Waals surface area contributed by atoms with Crippen LogP contribution in [0.5, 0.6) is 0 Å². The average Bonchev–Trinajstić information content (AvgIpc) is 2.87. The van der Waals surface area contributed by atoms with Gasteiger partial charge < -0.3 is 5.32 Å². The van der Waals surface area contributed by atoms with Gasteiger partial charge >= 0.3 is 0 Å². The van der Waals surface area contributed by atoms with E-state index in [1.165, 1.54) is 8.99 Å². The molecule has 1 atom stereocenters. The van der Waals surface area contributed by atoms with Crippen LogP contribution in [0.4, 0.5) is 0 Å². The van der Waals surface area contributed by atoms with E-state index in [-0.39, 0.29) is 15.7 Å². The molecule has 1 fully saturated rings. The summed E-state index contributed by atoms with van der Waals surface area (Å²) in [5.41, 5.74) is 0. The van der Waals surface area contributed by atoms with Crippen molar-refractivity contribution in [2.75, 3.05) is 20.1 Å². The van der Waals surface area contributed by atoms with Gasteiger partial charge in [-0.15, -0.1) is 5.10 Å². The van der Waals surface area contributed by atoms with Crippen molar-refractivity contribution in [1.82, 2.24) is 24.6 Å². The van der Waals surface area contributed by atoms with Crippen LogP contribution in [0.25, 0.3) is 0 Å². The first-order valence-electron chi connectivity index (χ1n) is 5.18. The van der Waals surface area contributed by atoms with Gasteiger partial charge in [0.05, 0.1) is 0 Å². The fraction of sp³-hybridized carbons (Fsp3) is 0.750. The number of aromatic nitrogens is 3. The first kappa shape index (κ1) is 12.9. The highest BCUT2D eigenvalue weighted by Crippen LogP contribution is 2.23. The van der Waals surface area contributed by atoms with Gasteiger partial charge in [-0.1, -0.05) is 5.21 Å². The highest BCUT2D eigenvalue weighted by atomic mass is 79.9. The summed E-state index contributed by atoms with van der Waals surface area (Å²) in [4.78, 5) is 0. The lowest BCUT2D eigenvalue weighted by Gasteiger charge is -2.22. The Morgan fingerprint density at radius 3 is 2.76 bits per heavy atom. The van der Waals surface area contributed by atoms with Crippen LogP contribution in [0.3, 0.4) is 0 Å². The molecule has 0 saturated carbocycles. The molecule has 1 aromatic heterocycles. The molecule has 2 rings (SSSR count). The first-order valence-corrected chi connectivity index (χ1v) is 7.42. The smallest absolute Gasteiger partial charge is 0.263 e. The van der Waals surface area contributed by atoms with Gasteiger partial charge in [-0.3, -0.25) is 0 Å². The van der Waals surface area contributed by atoms with E-state index in [1.807, 2.05) is 0 Å². The lowest BCUT2D eigenvalue weighted by atomic mass is 10.3. The average molecular weight is 324 g/mol. The molecule has 1 N–H and O–H groups in total. The summed E-state index contributed by atoms with van der Waals surface area (Å²) in [6.45, 7) is 1.52. The fourth-order valence-corrected chi connectivity index (χ4v) is 4.29. The van der Waals surface area contributed by atoms with Gasteiger partial charge in [0.2, 0.25) is 5.03 Å². The molecule has 1 aliphatic rings. The number of aryl methyl sites for hydroxylation is 1. The predicted molar refractivity (Wildman–Crippen MR) is 64.9 cm³/mol. The molecule has 0 radical (unpaired) electrons. The number of rotatable bonds is 3. The zero-order chi connectivity index (χ0) is 12.6. The molecule has 17 heavy (non-hydrogen) atoms. The third kappa shape index (κ3) is 2.24. The van der Waals surface area contributed by atoms with E-state index in [0.717, 1.165) is 13.0 Å². The molecule has 0 aromatic carbocycles. The van der Waals surface area contributed by atoms with Crippen LogP contribution in [-0.2, 0) is 17.1 Å². The van der Waals surface area contributed by atoms with E-state index < -0.39 is 10.0 Å². The van der Waals surface area contributed by atoms with E-state index in [9.17, 15) is 8.42 Å². The summed E-state index contributed by atoms with van der Waals surface area (Å²) >= 11 is 3.11. The molecule has 7 nitrogen and oxygen atoms in total. The van der Waals surface area contributed by atoms with Crippen LogP contribution in [0.1, 0.15) is 6.42 Å².